The largest absolute Gasteiger partial charge is 0.370 e. The molecule has 0 bridgehead atoms. The minimum Gasteiger partial charge on any atom is -0.370 e. The van der Waals surface area contributed by atoms with Gasteiger partial charge in [-0.05, 0) is 12.8 Å². The highest BCUT2D eigenvalue weighted by Crippen LogP contribution is 2.26. The molecular formula is C8H16N2O2. The Balaban J connectivity index is 2.17. The number of rotatable bonds is 4. The molecule has 1 rings (SSSR count). The first kappa shape index (κ1) is 9.48. The fourth-order valence-corrected chi connectivity index (χ4v) is 1.58. The second-order valence-electron chi connectivity index (χ2n) is 3.53. The summed E-state index contributed by atoms with van der Waals surface area (Å²) < 4.78 is 5.08. The summed E-state index contributed by atoms with van der Waals surface area (Å²) in [6, 6.07) is 0. The Bertz CT molecular complexity index is 164. The van der Waals surface area contributed by atoms with Gasteiger partial charge in [-0.2, -0.15) is 0 Å². The molecule has 1 fully saturated rings. The highest BCUT2D eigenvalue weighted by atomic mass is 16.5. The van der Waals surface area contributed by atoms with Gasteiger partial charge >= 0.3 is 0 Å². The summed E-state index contributed by atoms with van der Waals surface area (Å²) in [7, 11) is 0. The van der Waals surface area contributed by atoms with Gasteiger partial charge in [-0.3, -0.25) is 4.79 Å². The van der Waals surface area contributed by atoms with Crippen LogP contribution in [0.1, 0.15) is 25.7 Å². The Morgan fingerprint density at radius 2 is 2.00 bits per heavy atom. The summed E-state index contributed by atoms with van der Waals surface area (Å²) in [6.45, 7) is 0.439. The van der Waals surface area contributed by atoms with Crippen LogP contribution < -0.4 is 11.5 Å². The molecule has 4 heteroatoms. The smallest absolute Gasteiger partial charge is 0.243 e. The van der Waals surface area contributed by atoms with Crippen LogP contribution in [0.15, 0.2) is 0 Å². The molecule has 0 aromatic heterocycles. The number of hydrogen-bond acceptors (Lipinski definition) is 3. The van der Waals surface area contributed by atoms with E-state index in [4.69, 9.17) is 16.2 Å². The van der Waals surface area contributed by atoms with Crippen LogP contribution in [0, 0.1) is 0 Å². The van der Waals surface area contributed by atoms with Crippen molar-refractivity contribution in [2.24, 2.45) is 11.5 Å². The van der Waals surface area contributed by atoms with E-state index in [0.717, 1.165) is 25.7 Å². The van der Waals surface area contributed by atoms with Crippen LogP contribution in [-0.2, 0) is 9.53 Å². The van der Waals surface area contributed by atoms with Crippen molar-refractivity contribution >= 4 is 5.91 Å². The van der Waals surface area contributed by atoms with Crippen molar-refractivity contribution in [3.05, 3.63) is 0 Å². The van der Waals surface area contributed by atoms with Gasteiger partial charge < -0.3 is 16.2 Å². The average Bonchev–Trinajstić information content (AvgIpc) is 2.35. The van der Waals surface area contributed by atoms with Gasteiger partial charge in [-0.1, -0.05) is 12.8 Å². The second kappa shape index (κ2) is 3.87. The van der Waals surface area contributed by atoms with Gasteiger partial charge in [-0.25, -0.2) is 0 Å². The zero-order chi connectivity index (χ0) is 9.03. The van der Waals surface area contributed by atoms with Crippen LogP contribution in [0.3, 0.4) is 0 Å². The maximum Gasteiger partial charge on any atom is 0.243 e. The molecule has 0 unspecified atom stereocenters. The van der Waals surface area contributed by atoms with Crippen molar-refractivity contribution < 1.29 is 9.53 Å². The minimum atomic E-state index is -0.434. The lowest BCUT2D eigenvalue weighted by molar-refractivity contribution is -0.123. The first-order chi connectivity index (χ1) is 5.62. The van der Waals surface area contributed by atoms with Crippen molar-refractivity contribution in [2.75, 3.05) is 13.2 Å². The van der Waals surface area contributed by atoms with Gasteiger partial charge in [0.2, 0.25) is 5.91 Å². The first-order valence-corrected chi connectivity index (χ1v) is 4.27. The average molecular weight is 172 g/mol. The molecule has 1 saturated carbocycles. The van der Waals surface area contributed by atoms with E-state index in [1.807, 2.05) is 0 Å². The molecule has 0 spiro atoms. The fourth-order valence-electron chi connectivity index (χ4n) is 1.58. The third-order valence-electron chi connectivity index (χ3n) is 2.23. The molecule has 0 aromatic carbocycles. The van der Waals surface area contributed by atoms with Crippen molar-refractivity contribution in [2.45, 2.75) is 31.2 Å². The van der Waals surface area contributed by atoms with E-state index >= 15 is 0 Å². The van der Waals surface area contributed by atoms with Gasteiger partial charge in [0.25, 0.3) is 0 Å². The molecule has 12 heavy (non-hydrogen) atoms. The van der Waals surface area contributed by atoms with E-state index in [9.17, 15) is 4.79 Å². The lowest BCUT2D eigenvalue weighted by Gasteiger charge is -2.22. The number of hydrogen-bond donors (Lipinski definition) is 2. The zero-order valence-corrected chi connectivity index (χ0v) is 7.21. The molecule has 1 amide bonds. The van der Waals surface area contributed by atoms with Gasteiger partial charge in [0.1, 0.15) is 6.61 Å². The van der Waals surface area contributed by atoms with Gasteiger partial charge in [0.15, 0.2) is 0 Å². The Labute approximate surface area is 72.2 Å². The van der Waals surface area contributed by atoms with Gasteiger partial charge in [0.05, 0.1) is 6.61 Å². The van der Waals surface area contributed by atoms with E-state index in [1.54, 1.807) is 0 Å². The van der Waals surface area contributed by atoms with Crippen molar-refractivity contribution in [1.82, 2.24) is 0 Å². The molecule has 1 aliphatic carbocycles. The third kappa shape index (κ3) is 2.79. The normalized spacial score (nSPS) is 21.1. The van der Waals surface area contributed by atoms with Crippen molar-refractivity contribution in [3.8, 4) is 0 Å². The number of carbonyl (C=O) groups excluding carboxylic acids is 1. The van der Waals surface area contributed by atoms with Crippen molar-refractivity contribution in [1.29, 1.82) is 0 Å². The second-order valence-corrected chi connectivity index (χ2v) is 3.53. The summed E-state index contributed by atoms with van der Waals surface area (Å²) in [5, 5.41) is 0. The van der Waals surface area contributed by atoms with E-state index in [1.165, 1.54) is 0 Å². The quantitative estimate of drug-likeness (QED) is 0.614. The van der Waals surface area contributed by atoms with Gasteiger partial charge in [-0.15, -0.1) is 0 Å². The third-order valence-corrected chi connectivity index (χ3v) is 2.23. The van der Waals surface area contributed by atoms with Gasteiger partial charge in [0, 0.05) is 5.54 Å². The molecule has 0 aromatic rings. The topological polar surface area (TPSA) is 78.3 Å². The molecule has 1 aliphatic rings. The van der Waals surface area contributed by atoms with Crippen LogP contribution in [-0.4, -0.2) is 24.7 Å². The molecular weight excluding hydrogens is 156 g/mol. The SMILES string of the molecule is NC(=O)COCC1(N)CCCC1. The Hall–Kier alpha value is -0.610. The van der Waals surface area contributed by atoms with Crippen LogP contribution in [0.2, 0.25) is 0 Å². The fraction of sp³-hybridized carbons (Fsp3) is 0.875. The number of ether oxygens (including phenoxy) is 1. The molecule has 4 N–H and O–H groups in total. The Kier molecular flexibility index (Phi) is 3.05. The molecule has 0 aliphatic heterocycles. The molecule has 4 nitrogen and oxygen atoms in total. The molecule has 70 valence electrons. The maximum absolute atomic E-state index is 10.3. The molecule has 0 atom stereocenters. The number of carbonyl (C=O) groups is 1. The van der Waals surface area contributed by atoms with Crippen LogP contribution >= 0.6 is 0 Å². The first-order valence-electron chi connectivity index (χ1n) is 4.27. The Morgan fingerprint density at radius 3 is 2.50 bits per heavy atom. The predicted octanol–water partition coefficient (Wildman–Crippen LogP) is -0.240. The minimum absolute atomic E-state index is 0.0149. The Morgan fingerprint density at radius 1 is 1.42 bits per heavy atom. The van der Waals surface area contributed by atoms with Crippen molar-refractivity contribution in [3.63, 3.8) is 0 Å². The van der Waals surface area contributed by atoms with E-state index in [2.05, 4.69) is 0 Å². The number of primary amides is 1. The number of amides is 1. The maximum atomic E-state index is 10.3. The standard InChI is InChI=1S/C8H16N2O2/c9-7(11)5-12-6-8(10)3-1-2-4-8/h1-6,10H2,(H2,9,11). The molecule has 0 saturated heterocycles. The zero-order valence-electron chi connectivity index (χ0n) is 7.21. The van der Waals surface area contributed by atoms with E-state index in [0.29, 0.717) is 6.61 Å². The summed E-state index contributed by atoms with van der Waals surface area (Å²) in [5.74, 6) is -0.434. The monoisotopic (exact) mass is 172 g/mol. The van der Waals surface area contributed by atoms with Crippen LogP contribution in [0.4, 0.5) is 0 Å². The van der Waals surface area contributed by atoms with Crippen LogP contribution in [0.25, 0.3) is 0 Å². The lowest BCUT2D eigenvalue weighted by atomic mass is 10.0. The number of nitrogens with two attached hydrogens (primary N) is 2. The predicted molar refractivity (Wildman–Crippen MR) is 45.4 cm³/mol. The summed E-state index contributed by atoms with van der Waals surface area (Å²) in [4.78, 5) is 10.3. The summed E-state index contributed by atoms with van der Waals surface area (Å²) in [5.41, 5.74) is 10.7. The summed E-state index contributed by atoms with van der Waals surface area (Å²) in [6.07, 6.45) is 4.31. The molecule has 0 heterocycles. The highest BCUT2D eigenvalue weighted by molar-refractivity contribution is 5.74. The molecule has 0 radical (unpaired) electrons. The van der Waals surface area contributed by atoms with E-state index in [-0.39, 0.29) is 12.1 Å². The summed E-state index contributed by atoms with van der Waals surface area (Å²) >= 11 is 0. The highest BCUT2D eigenvalue weighted by Gasteiger charge is 2.29. The van der Waals surface area contributed by atoms with E-state index < -0.39 is 5.91 Å². The lowest BCUT2D eigenvalue weighted by Crippen LogP contribution is -2.42. The van der Waals surface area contributed by atoms with Crippen LogP contribution in [0.5, 0.6) is 0 Å².